The average molecular weight is 262 g/mol. The Labute approximate surface area is 96.4 Å². The van der Waals surface area contributed by atoms with E-state index < -0.39 is 34.8 Å². The predicted molar refractivity (Wildman–Crippen MR) is 48.7 cm³/mol. The molecule has 0 amide bonds. The smallest absolute Gasteiger partial charge is 0.200 e. The lowest BCUT2D eigenvalue weighted by molar-refractivity contribution is 0.112. The zero-order valence-electron chi connectivity index (χ0n) is 8.42. The fraction of sp³-hybridized carbons (Fsp3) is 0. The van der Waals surface area contributed by atoms with Gasteiger partial charge in [0.2, 0.25) is 5.82 Å². The molecule has 0 fully saturated rings. The monoisotopic (exact) mass is 262 g/mol. The molecule has 0 saturated heterocycles. The molecule has 3 nitrogen and oxygen atoms in total. The van der Waals surface area contributed by atoms with Crippen molar-refractivity contribution < 1.29 is 26.7 Å². The minimum absolute atomic E-state index is 0.0704. The number of hydrogen-bond acceptors (Lipinski definition) is 2. The Hall–Kier alpha value is -2.25. The van der Waals surface area contributed by atoms with Gasteiger partial charge in [-0.2, -0.15) is 5.10 Å². The molecule has 1 aromatic carbocycles. The van der Waals surface area contributed by atoms with Crippen molar-refractivity contribution in [1.82, 2.24) is 9.78 Å². The molecular formula is C10H3F5N2O. The highest BCUT2D eigenvalue weighted by molar-refractivity contribution is 5.73. The molecule has 0 saturated carbocycles. The zero-order chi connectivity index (χ0) is 13.4. The molecule has 0 aliphatic heterocycles. The molecule has 0 N–H and O–H groups in total. The van der Waals surface area contributed by atoms with Crippen molar-refractivity contribution in [2.75, 3.05) is 0 Å². The summed E-state index contributed by atoms with van der Waals surface area (Å²) in [7, 11) is 0. The van der Waals surface area contributed by atoms with Crippen LogP contribution in [-0.4, -0.2) is 16.1 Å². The summed E-state index contributed by atoms with van der Waals surface area (Å²) in [5.74, 6) is -10.4. The lowest BCUT2D eigenvalue weighted by atomic mass is 10.2. The Bertz CT molecular complexity index is 608. The van der Waals surface area contributed by atoms with E-state index in [-0.39, 0.29) is 5.56 Å². The zero-order valence-corrected chi connectivity index (χ0v) is 8.42. The number of halogens is 5. The van der Waals surface area contributed by atoms with Crippen LogP contribution in [0.4, 0.5) is 22.0 Å². The summed E-state index contributed by atoms with van der Waals surface area (Å²) in [5, 5.41) is 3.34. The Morgan fingerprint density at radius 1 is 0.944 bits per heavy atom. The van der Waals surface area contributed by atoms with Crippen molar-refractivity contribution in [3.8, 4) is 5.69 Å². The molecule has 0 bridgehead atoms. The van der Waals surface area contributed by atoms with Gasteiger partial charge in [0.15, 0.2) is 29.6 Å². The van der Waals surface area contributed by atoms with Crippen molar-refractivity contribution in [1.29, 1.82) is 0 Å². The third-order valence-electron chi connectivity index (χ3n) is 2.15. The van der Waals surface area contributed by atoms with E-state index in [1.807, 2.05) is 0 Å². The van der Waals surface area contributed by atoms with Crippen LogP contribution in [0, 0.1) is 29.1 Å². The number of benzene rings is 1. The maximum Gasteiger partial charge on any atom is 0.200 e. The summed E-state index contributed by atoms with van der Waals surface area (Å²) >= 11 is 0. The number of carbonyl (C=O) groups is 1. The molecule has 94 valence electrons. The lowest BCUT2D eigenvalue weighted by Gasteiger charge is -2.07. The van der Waals surface area contributed by atoms with E-state index in [9.17, 15) is 26.7 Å². The molecule has 0 spiro atoms. The highest BCUT2D eigenvalue weighted by atomic mass is 19.2. The average Bonchev–Trinajstić information content (AvgIpc) is 2.83. The van der Waals surface area contributed by atoms with Crippen LogP contribution in [0.15, 0.2) is 12.4 Å². The molecule has 0 aliphatic rings. The molecule has 1 heterocycles. The van der Waals surface area contributed by atoms with Gasteiger partial charge in [-0.05, 0) is 0 Å². The molecular weight excluding hydrogens is 259 g/mol. The van der Waals surface area contributed by atoms with Gasteiger partial charge in [0.25, 0.3) is 0 Å². The lowest BCUT2D eigenvalue weighted by Crippen LogP contribution is -2.09. The molecule has 1 aromatic heterocycles. The third-order valence-corrected chi connectivity index (χ3v) is 2.15. The van der Waals surface area contributed by atoms with Crippen LogP contribution < -0.4 is 0 Å². The summed E-state index contributed by atoms with van der Waals surface area (Å²) in [5.41, 5.74) is -1.31. The first-order valence-electron chi connectivity index (χ1n) is 4.49. The second kappa shape index (κ2) is 4.21. The standard InChI is InChI=1S/C10H3F5N2O/c11-5-6(12)8(14)10(9(15)7(5)13)17-2-4(3-18)1-16-17/h1-3H. The van der Waals surface area contributed by atoms with Gasteiger partial charge >= 0.3 is 0 Å². The van der Waals surface area contributed by atoms with Gasteiger partial charge in [-0.15, -0.1) is 0 Å². The van der Waals surface area contributed by atoms with Gasteiger partial charge in [-0.1, -0.05) is 0 Å². The minimum Gasteiger partial charge on any atom is -0.298 e. The fourth-order valence-electron chi connectivity index (χ4n) is 1.31. The number of aromatic nitrogens is 2. The Balaban J connectivity index is 2.75. The van der Waals surface area contributed by atoms with E-state index in [1.54, 1.807) is 0 Å². The van der Waals surface area contributed by atoms with E-state index in [1.165, 1.54) is 0 Å². The van der Waals surface area contributed by atoms with Crippen LogP contribution in [0.2, 0.25) is 0 Å². The number of nitrogens with zero attached hydrogens (tertiary/aromatic N) is 2. The van der Waals surface area contributed by atoms with Gasteiger partial charge in [0.1, 0.15) is 5.69 Å². The highest BCUT2D eigenvalue weighted by Crippen LogP contribution is 2.25. The van der Waals surface area contributed by atoms with E-state index in [2.05, 4.69) is 5.10 Å². The van der Waals surface area contributed by atoms with Gasteiger partial charge in [-0.3, -0.25) is 4.79 Å². The molecule has 0 radical (unpaired) electrons. The minimum atomic E-state index is -2.25. The first kappa shape index (κ1) is 12.2. The fourth-order valence-corrected chi connectivity index (χ4v) is 1.31. The van der Waals surface area contributed by atoms with Crippen LogP contribution in [0.1, 0.15) is 10.4 Å². The van der Waals surface area contributed by atoms with Crippen molar-refractivity contribution >= 4 is 6.29 Å². The molecule has 18 heavy (non-hydrogen) atoms. The number of carbonyl (C=O) groups excluding carboxylic acids is 1. The Morgan fingerprint density at radius 2 is 1.44 bits per heavy atom. The Morgan fingerprint density at radius 3 is 1.89 bits per heavy atom. The Kier molecular flexibility index (Phi) is 2.85. The number of aldehydes is 1. The van der Waals surface area contributed by atoms with Crippen LogP contribution in [0.5, 0.6) is 0 Å². The van der Waals surface area contributed by atoms with Crippen LogP contribution >= 0.6 is 0 Å². The maximum absolute atomic E-state index is 13.3. The first-order valence-corrected chi connectivity index (χ1v) is 4.49. The second-order valence-electron chi connectivity index (χ2n) is 3.25. The largest absolute Gasteiger partial charge is 0.298 e. The third kappa shape index (κ3) is 1.66. The molecule has 2 rings (SSSR count). The molecule has 2 aromatic rings. The van der Waals surface area contributed by atoms with E-state index in [4.69, 9.17) is 0 Å². The van der Waals surface area contributed by atoms with Gasteiger partial charge in [0.05, 0.1) is 11.8 Å². The van der Waals surface area contributed by atoms with Gasteiger partial charge in [0, 0.05) is 6.20 Å². The van der Waals surface area contributed by atoms with E-state index in [0.29, 0.717) is 11.0 Å². The molecule has 0 unspecified atom stereocenters. The highest BCUT2D eigenvalue weighted by Gasteiger charge is 2.27. The van der Waals surface area contributed by atoms with Crippen molar-refractivity contribution in [3.05, 3.63) is 47.0 Å². The summed E-state index contributed by atoms with van der Waals surface area (Å²) in [6.45, 7) is 0. The first-order chi connectivity index (χ1) is 8.47. The summed E-state index contributed by atoms with van der Waals surface area (Å²) in [6, 6.07) is 0. The molecule has 0 atom stereocenters. The summed E-state index contributed by atoms with van der Waals surface area (Å²) in [4.78, 5) is 10.4. The topological polar surface area (TPSA) is 34.9 Å². The summed E-state index contributed by atoms with van der Waals surface area (Å²) in [6.07, 6.45) is 2.08. The second-order valence-corrected chi connectivity index (χ2v) is 3.25. The van der Waals surface area contributed by atoms with Crippen LogP contribution in [0.3, 0.4) is 0 Å². The predicted octanol–water partition coefficient (Wildman–Crippen LogP) is 2.38. The molecule has 8 heteroatoms. The van der Waals surface area contributed by atoms with Crippen molar-refractivity contribution in [2.24, 2.45) is 0 Å². The molecule has 0 aliphatic carbocycles. The van der Waals surface area contributed by atoms with Crippen molar-refractivity contribution in [3.63, 3.8) is 0 Å². The van der Waals surface area contributed by atoms with Crippen LogP contribution in [-0.2, 0) is 0 Å². The number of rotatable bonds is 2. The summed E-state index contributed by atoms with van der Waals surface area (Å²) < 4.78 is 65.6. The van der Waals surface area contributed by atoms with Crippen LogP contribution in [0.25, 0.3) is 5.69 Å². The van der Waals surface area contributed by atoms with E-state index in [0.717, 1.165) is 12.4 Å². The quantitative estimate of drug-likeness (QED) is 0.360. The number of hydrogen-bond donors (Lipinski definition) is 0. The van der Waals surface area contributed by atoms with Gasteiger partial charge < -0.3 is 0 Å². The maximum atomic E-state index is 13.3. The SMILES string of the molecule is O=Cc1cnn(-c2c(F)c(F)c(F)c(F)c2F)c1. The van der Waals surface area contributed by atoms with E-state index >= 15 is 0 Å². The van der Waals surface area contributed by atoms with Crippen molar-refractivity contribution in [2.45, 2.75) is 0 Å². The van der Waals surface area contributed by atoms with Gasteiger partial charge in [-0.25, -0.2) is 26.6 Å². The normalized spacial score (nSPS) is 10.7.